The van der Waals surface area contributed by atoms with Crippen LogP contribution in [0.4, 0.5) is 5.69 Å². The van der Waals surface area contributed by atoms with Crippen molar-refractivity contribution in [1.82, 2.24) is 0 Å². The highest BCUT2D eigenvalue weighted by molar-refractivity contribution is 7.94. The number of fused-ring (bicyclic) bond motifs is 2. The maximum absolute atomic E-state index is 10.3. The van der Waals surface area contributed by atoms with Crippen LogP contribution >= 0.6 is 24.1 Å². The van der Waals surface area contributed by atoms with E-state index in [0.717, 1.165) is 74.4 Å². The fourth-order valence-electron chi connectivity index (χ4n) is 5.73. The van der Waals surface area contributed by atoms with Crippen LogP contribution in [-0.2, 0) is 25.3 Å². The molecule has 49 heavy (non-hydrogen) atoms. The van der Waals surface area contributed by atoms with Gasteiger partial charge < -0.3 is 24.6 Å². The monoisotopic (exact) mass is 699 g/mol. The van der Waals surface area contributed by atoms with E-state index >= 15 is 0 Å². The summed E-state index contributed by atoms with van der Waals surface area (Å²) in [5.41, 5.74) is 8.09. The zero-order valence-electron chi connectivity index (χ0n) is 26.8. The van der Waals surface area contributed by atoms with Gasteiger partial charge >= 0.3 is 5.89 Å². The van der Waals surface area contributed by atoms with Gasteiger partial charge in [-0.05, 0) is 58.9 Å². The summed E-state index contributed by atoms with van der Waals surface area (Å²) in [7, 11) is 0. The zero-order valence-corrected chi connectivity index (χ0v) is 28.5. The average Bonchev–Trinajstić information content (AvgIpc) is 3.67. The molecule has 12 heteroatoms. The summed E-state index contributed by atoms with van der Waals surface area (Å²) >= 11 is 1.95. The highest BCUT2D eigenvalue weighted by Gasteiger charge is 2.28. The van der Waals surface area contributed by atoms with Gasteiger partial charge in [0, 0.05) is 60.7 Å². The van der Waals surface area contributed by atoms with Crippen LogP contribution in [0.2, 0.25) is 0 Å². The molecule has 6 rings (SSSR count). The number of aryl methyl sites for hydroxylation is 1. The molecule has 0 aliphatic carbocycles. The highest BCUT2D eigenvalue weighted by Crippen LogP contribution is 2.42. The second kappa shape index (κ2) is 17.5. The van der Waals surface area contributed by atoms with Crippen molar-refractivity contribution >= 4 is 46.9 Å². The predicted molar refractivity (Wildman–Crippen MR) is 187 cm³/mol. The van der Waals surface area contributed by atoms with E-state index < -0.39 is 0 Å². The first-order valence-corrected chi connectivity index (χ1v) is 17.8. The van der Waals surface area contributed by atoms with Crippen molar-refractivity contribution in [1.29, 1.82) is 0 Å². The summed E-state index contributed by atoms with van der Waals surface area (Å²) in [4.78, 5) is 2.15. The van der Waals surface area contributed by atoms with Crippen molar-refractivity contribution in [3.8, 4) is 28.0 Å². The van der Waals surface area contributed by atoms with Gasteiger partial charge in [-0.25, -0.2) is 0 Å². The SMILES string of the molecule is CCC(/C=C1\Oc2ccc(-c3ccccc3)cc2N1CCCSOO[O-])=C\c1oc2ccc(-c3ccccc3)cc2[n+]1CCCSOO[O-]. The Kier molecular flexibility index (Phi) is 12.4. The second-order valence-corrected chi connectivity index (χ2v) is 12.7. The molecule has 0 N–H and O–H groups in total. The van der Waals surface area contributed by atoms with E-state index in [-0.39, 0.29) is 0 Å². The van der Waals surface area contributed by atoms with Gasteiger partial charge in [0.15, 0.2) is 12.3 Å². The molecule has 1 aliphatic rings. The van der Waals surface area contributed by atoms with Gasteiger partial charge in [-0.15, -0.1) is 0 Å². The summed E-state index contributed by atoms with van der Waals surface area (Å²) in [6.07, 6.45) is 6.24. The lowest BCUT2D eigenvalue weighted by atomic mass is 10.0. The van der Waals surface area contributed by atoms with E-state index in [1.807, 2.05) is 48.5 Å². The fourth-order valence-corrected chi connectivity index (χ4v) is 6.44. The number of nitrogens with zero attached hydrogens (tertiary/aromatic N) is 2. The molecule has 5 aromatic rings. The molecule has 254 valence electrons. The lowest BCUT2D eigenvalue weighted by Crippen LogP contribution is -2.35. The quantitative estimate of drug-likeness (QED) is 0.0325. The van der Waals surface area contributed by atoms with Gasteiger partial charge in [0.1, 0.15) is 0 Å². The second-order valence-electron chi connectivity index (χ2n) is 11.1. The van der Waals surface area contributed by atoms with E-state index in [9.17, 15) is 10.5 Å². The van der Waals surface area contributed by atoms with E-state index in [4.69, 9.17) is 9.15 Å². The molecule has 0 amide bonds. The molecule has 0 saturated carbocycles. The van der Waals surface area contributed by atoms with E-state index in [1.54, 1.807) is 0 Å². The Morgan fingerprint density at radius 2 is 1.45 bits per heavy atom. The highest BCUT2D eigenvalue weighted by atomic mass is 32.2. The first-order valence-electron chi connectivity index (χ1n) is 15.9. The van der Waals surface area contributed by atoms with Crippen LogP contribution in [0.25, 0.3) is 39.4 Å². The molecular formula is C37H35N2O8S2-. The number of allylic oxidation sites excluding steroid dienone is 2. The number of anilines is 1. The Morgan fingerprint density at radius 3 is 2.12 bits per heavy atom. The van der Waals surface area contributed by atoms with Crippen molar-refractivity contribution < 1.29 is 43.0 Å². The normalized spacial score (nSPS) is 13.7. The van der Waals surface area contributed by atoms with Crippen molar-refractivity contribution in [2.24, 2.45) is 0 Å². The largest absolute Gasteiger partial charge is 0.691 e. The minimum atomic E-state index is 0.560. The van der Waals surface area contributed by atoms with Crippen molar-refractivity contribution in [3.63, 3.8) is 0 Å². The van der Waals surface area contributed by atoms with Gasteiger partial charge in [0.25, 0.3) is 5.52 Å². The van der Waals surface area contributed by atoms with Crippen LogP contribution in [0.1, 0.15) is 32.1 Å². The van der Waals surface area contributed by atoms with E-state index in [2.05, 4.69) is 95.8 Å². The number of benzene rings is 4. The molecule has 0 bridgehead atoms. The lowest BCUT2D eigenvalue weighted by molar-refractivity contribution is -0.777. The van der Waals surface area contributed by atoms with Crippen molar-refractivity contribution in [2.45, 2.75) is 32.7 Å². The van der Waals surface area contributed by atoms with Crippen molar-refractivity contribution in [2.75, 3.05) is 23.0 Å². The van der Waals surface area contributed by atoms with Gasteiger partial charge in [-0.1, -0.05) is 79.7 Å². The Hall–Kier alpha value is -4.11. The minimum Gasteiger partial charge on any atom is -0.691 e. The van der Waals surface area contributed by atoms with Gasteiger partial charge in [-0.2, -0.15) is 13.2 Å². The number of oxazole rings is 1. The third-order valence-electron chi connectivity index (χ3n) is 8.07. The zero-order chi connectivity index (χ0) is 33.8. The molecule has 2 heterocycles. The molecule has 4 aromatic carbocycles. The molecule has 0 saturated heterocycles. The third kappa shape index (κ3) is 8.74. The average molecular weight is 700 g/mol. The van der Waals surface area contributed by atoms with Gasteiger partial charge in [-0.3, -0.25) is 10.1 Å². The van der Waals surface area contributed by atoms with Crippen molar-refractivity contribution in [3.05, 3.63) is 120 Å². The first kappa shape index (κ1) is 34.7. The molecule has 0 fully saturated rings. The minimum absolute atomic E-state index is 0.560. The summed E-state index contributed by atoms with van der Waals surface area (Å²) < 4.78 is 24.0. The molecule has 0 unspecified atom stereocenters. The van der Waals surface area contributed by atoms with E-state index in [1.165, 1.54) is 0 Å². The number of hydrogen-bond donors (Lipinski definition) is 0. The molecule has 1 aromatic heterocycles. The third-order valence-corrected chi connectivity index (χ3v) is 9.29. The molecule has 0 atom stereocenters. The maximum atomic E-state index is 10.3. The van der Waals surface area contributed by atoms with Gasteiger partial charge in [0.2, 0.25) is 11.5 Å². The Balaban J connectivity index is 1.34. The molecule has 0 spiro atoms. The fraction of sp³-hybridized carbons (Fsp3) is 0.216. The maximum Gasteiger partial charge on any atom is 0.374 e. The Bertz CT molecular complexity index is 1880. The van der Waals surface area contributed by atoms with Gasteiger partial charge in [0.05, 0.1) is 11.8 Å². The summed E-state index contributed by atoms with van der Waals surface area (Å²) in [6, 6.07) is 32.9. The number of rotatable bonds is 17. The van der Waals surface area contributed by atoms with Crippen LogP contribution < -0.4 is 24.7 Å². The summed E-state index contributed by atoms with van der Waals surface area (Å²) in [5, 5.41) is 27.6. The number of ether oxygens (including phenoxy) is 1. The van der Waals surface area contributed by atoms with Crippen LogP contribution in [0.15, 0.2) is 119 Å². The van der Waals surface area contributed by atoms with Crippen LogP contribution in [0, 0.1) is 0 Å². The molecule has 10 nitrogen and oxygen atoms in total. The topological polar surface area (TPSA) is 113 Å². The van der Waals surface area contributed by atoms with Crippen LogP contribution in [0.5, 0.6) is 5.75 Å². The Morgan fingerprint density at radius 1 is 0.796 bits per heavy atom. The molecule has 0 radical (unpaired) electrons. The lowest BCUT2D eigenvalue weighted by Gasteiger charge is -2.19. The molecule has 1 aliphatic heterocycles. The first-order chi connectivity index (χ1) is 24.2. The van der Waals surface area contributed by atoms with E-state index in [0.29, 0.717) is 55.6 Å². The standard InChI is InChI=1S/C37H36N2O8S2/c1-2-27(23-36-38(19-9-21-48-46-44-40)32-25-30(15-17-34(32)42-36)28-11-5-3-6-12-28)24-37-39(20-10-22-49-47-45-41)33-26-31(16-18-35(33)43-37)29-13-7-4-8-14-29/h3-8,11-18,23-26H,2,9-10,19-22H2,1H3,(H-,40,41)/p-1. The summed E-state index contributed by atoms with van der Waals surface area (Å²) in [6.45, 7) is 3.35. The smallest absolute Gasteiger partial charge is 0.374 e. The molecular weight excluding hydrogens is 665 g/mol. The van der Waals surface area contributed by atoms with Crippen LogP contribution in [-0.4, -0.2) is 18.1 Å². The summed E-state index contributed by atoms with van der Waals surface area (Å²) in [5.74, 6) is 3.27. The Labute approximate surface area is 293 Å². The van der Waals surface area contributed by atoms with Crippen LogP contribution in [0.3, 0.4) is 0 Å². The number of hydrogen-bond acceptors (Lipinski definition) is 11. The number of aromatic nitrogens is 1. The predicted octanol–water partition coefficient (Wildman–Crippen LogP) is 7.11.